The van der Waals surface area contributed by atoms with Crippen molar-refractivity contribution in [2.24, 2.45) is 0 Å². The molecule has 0 aromatic heterocycles. The van der Waals surface area contributed by atoms with Crippen molar-refractivity contribution >= 4 is 23.3 Å². The average Bonchev–Trinajstić information content (AvgIpc) is 3.21. The minimum Gasteiger partial charge on any atom is -0.339 e. The van der Waals surface area contributed by atoms with Crippen molar-refractivity contribution in [3.8, 4) is 0 Å². The highest BCUT2D eigenvalue weighted by molar-refractivity contribution is 6.00. The Kier molecular flexibility index (Phi) is 5.96. The highest BCUT2D eigenvalue weighted by Gasteiger charge is 2.19. The van der Waals surface area contributed by atoms with Crippen molar-refractivity contribution in [2.75, 3.05) is 18.4 Å². The topological polar surface area (TPSA) is 66.5 Å². The summed E-state index contributed by atoms with van der Waals surface area (Å²) in [7, 11) is 0. The maximum absolute atomic E-state index is 12.9. The fourth-order valence-electron chi connectivity index (χ4n) is 3.06. The molecule has 2 aromatic carbocycles. The molecule has 0 unspecified atom stereocenters. The zero-order chi connectivity index (χ0) is 19.2. The zero-order valence-electron chi connectivity index (χ0n) is 14.9. The zero-order valence-corrected chi connectivity index (χ0v) is 14.9. The first-order valence-corrected chi connectivity index (χ1v) is 9.01. The van der Waals surface area contributed by atoms with Gasteiger partial charge in [-0.1, -0.05) is 6.07 Å². The first-order chi connectivity index (χ1) is 13.0. The van der Waals surface area contributed by atoms with Gasteiger partial charge >= 0.3 is 0 Å². The molecule has 140 valence electrons. The monoisotopic (exact) mass is 368 g/mol. The number of anilines is 1. The van der Waals surface area contributed by atoms with E-state index < -0.39 is 5.82 Å². The second-order valence-corrected chi connectivity index (χ2v) is 6.56. The quantitative estimate of drug-likeness (QED) is 0.791. The van der Waals surface area contributed by atoms with E-state index >= 15 is 0 Å². The highest BCUT2D eigenvalue weighted by Crippen LogP contribution is 2.17. The van der Waals surface area contributed by atoms with Crippen LogP contribution in [0.4, 0.5) is 10.1 Å². The average molecular weight is 368 g/mol. The first kappa shape index (κ1) is 18.8. The van der Waals surface area contributed by atoms with E-state index in [2.05, 4.69) is 5.32 Å². The van der Waals surface area contributed by atoms with Gasteiger partial charge in [0.2, 0.25) is 5.91 Å². The largest absolute Gasteiger partial charge is 0.339 e. The summed E-state index contributed by atoms with van der Waals surface area (Å²) >= 11 is 0. The third-order valence-electron chi connectivity index (χ3n) is 4.53. The van der Waals surface area contributed by atoms with Gasteiger partial charge in [0.05, 0.1) is 0 Å². The summed E-state index contributed by atoms with van der Waals surface area (Å²) in [6.07, 6.45) is 2.08. The van der Waals surface area contributed by atoms with E-state index in [-0.39, 0.29) is 30.4 Å². The van der Waals surface area contributed by atoms with Crippen molar-refractivity contribution in [2.45, 2.75) is 25.7 Å². The molecule has 1 heterocycles. The Morgan fingerprint density at radius 3 is 2.33 bits per heavy atom. The Labute approximate surface area is 157 Å². The highest BCUT2D eigenvalue weighted by atomic mass is 19.1. The molecule has 1 fully saturated rings. The van der Waals surface area contributed by atoms with Gasteiger partial charge in [-0.05, 0) is 55.3 Å². The molecule has 27 heavy (non-hydrogen) atoms. The van der Waals surface area contributed by atoms with Crippen LogP contribution in [0.15, 0.2) is 48.5 Å². The number of hydrogen-bond donors (Lipinski definition) is 1. The molecule has 2 aromatic rings. The number of benzene rings is 2. The Bertz CT molecular complexity index is 843. The standard InChI is InChI=1S/C21H21FN2O3/c22-17-8-6-15(7-9-17)19(25)10-11-20(26)23-18-5-3-4-16(14-18)21(27)24-12-1-2-13-24/h3-9,14H,1-2,10-13H2,(H,23,26). The molecule has 5 nitrogen and oxygen atoms in total. The van der Waals surface area contributed by atoms with Gasteiger partial charge in [-0.3, -0.25) is 14.4 Å². The maximum Gasteiger partial charge on any atom is 0.253 e. The summed E-state index contributed by atoms with van der Waals surface area (Å²) in [4.78, 5) is 38.4. The Morgan fingerprint density at radius 1 is 0.926 bits per heavy atom. The lowest BCUT2D eigenvalue weighted by Gasteiger charge is -2.15. The smallest absolute Gasteiger partial charge is 0.253 e. The van der Waals surface area contributed by atoms with E-state index in [4.69, 9.17) is 0 Å². The summed E-state index contributed by atoms with van der Waals surface area (Å²) in [5, 5.41) is 2.72. The maximum atomic E-state index is 12.9. The van der Waals surface area contributed by atoms with Crippen LogP contribution in [0.5, 0.6) is 0 Å². The van der Waals surface area contributed by atoms with E-state index in [0.29, 0.717) is 16.8 Å². The van der Waals surface area contributed by atoms with Crippen LogP contribution < -0.4 is 5.32 Å². The predicted octanol–water partition coefficient (Wildman–Crippen LogP) is 3.66. The van der Waals surface area contributed by atoms with Crippen molar-refractivity contribution in [1.82, 2.24) is 4.90 Å². The minimum atomic E-state index is -0.410. The SMILES string of the molecule is O=C(CCC(=O)c1ccc(F)cc1)Nc1cccc(C(=O)N2CCCC2)c1. The number of carbonyl (C=O) groups is 3. The predicted molar refractivity (Wildman–Crippen MR) is 100 cm³/mol. The molecule has 3 rings (SSSR count). The number of carbonyl (C=O) groups excluding carboxylic acids is 3. The van der Waals surface area contributed by atoms with Crippen LogP contribution in [0.2, 0.25) is 0 Å². The van der Waals surface area contributed by atoms with Crippen molar-refractivity contribution < 1.29 is 18.8 Å². The normalized spacial score (nSPS) is 13.4. The van der Waals surface area contributed by atoms with Gasteiger partial charge in [0.1, 0.15) is 5.82 Å². The fourth-order valence-corrected chi connectivity index (χ4v) is 3.06. The molecule has 0 saturated carbocycles. The van der Waals surface area contributed by atoms with E-state index in [1.165, 1.54) is 24.3 Å². The number of amides is 2. The third kappa shape index (κ3) is 5.00. The number of rotatable bonds is 6. The van der Waals surface area contributed by atoms with E-state index in [1.807, 2.05) is 4.90 Å². The van der Waals surface area contributed by atoms with Crippen molar-refractivity contribution in [3.05, 3.63) is 65.5 Å². The Balaban J connectivity index is 1.54. The lowest BCUT2D eigenvalue weighted by Crippen LogP contribution is -2.27. The molecule has 0 aliphatic carbocycles. The van der Waals surface area contributed by atoms with E-state index in [1.54, 1.807) is 24.3 Å². The van der Waals surface area contributed by atoms with Gasteiger partial charge in [-0.2, -0.15) is 0 Å². The van der Waals surface area contributed by atoms with Gasteiger partial charge in [0.15, 0.2) is 5.78 Å². The van der Waals surface area contributed by atoms with Crippen LogP contribution in [0.3, 0.4) is 0 Å². The second-order valence-electron chi connectivity index (χ2n) is 6.56. The summed E-state index contributed by atoms with van der Waals surface area (Å²) in [5.74, 6) is -0.970. The van der Waals surface area contributed by atoms with Crippen LogP contribution >= 0.6 is 0 Å². The van der Waals surface area contributed by atoms with E-state index in [9.17, 15) is 18.8 Å². The summed E-state index contributed by atoms with van der Waals surface area (Å²) in [6, 6.07) is 12.1. The molecule has 6 heteroatoms. The minimum absolute atomic E-state index is 0.0144. The van der Waals surface area contributed by atoms with Gasteiger partial charge in [-0.15, -0.1) is 0 Å². The number of likely N-dealkylation sites (tertiary alicyclic amines) is 1. The number of nitrogens with one attached hydrogen (secondary N) is 1. The molecule has 0 spiro atoms. The molecule has 1 N–H and O–H groups in total. The molecule has 1 aliphatic heterocycles. The van der Waals surface area contributed by atoms with Crippen molar-refractivity contribution in [1.29, 1.82) is 0 Å². The van der Waals surface area contributed by atoms with Crippen LogP contribution in [0.1, 0.15) is 46.4 Å². The summed E-state index contributed by atoms with van der Waals surface area (Å²) in [6.45, 7) is 1.53. The molecular formula is C21H21FN2O3. The van der Waals surface area contributed by atoms with Gasteiger partial charge in [0.25, 0.3) is 5.91 Å². The summed E-state index contributed by atoms with van der Waals surface area (Å²) < 4.78 is 12.9. The molecule has 2 amide bonds. The molecule has 0 bridgehead atoms. The Morgan fingerprint density at radius 2 is 1.63 bits per heavy atom. The lowest BCUT2D eigenvalue weighted by atomic mass is 10.1. The summed E-state index contributed by atoms with van der Waals surface area (Å²) in [5.41, 5.74) is 1.44. The van der Waals surface area contributed by atoms with Crippen LogP contribution in [0.25, 0.3) is 0 Å². The number of Topliss-reactive ketones (excluding diaryl/α,β-unsaturated/α-hetero) is 1. The van der Waals surface area contributed by atoms with E-state index in [0.717, 1.165) is 25.9 Å². The third-order valence-corrected chi connectivity index (χ3v) is 4.53. The lowest BCUT2D eigenvalue weighted by molar-refractivity contribution is -0.116. The molecular weight excluding hydrogens is 347 g/mol. The first-order valence-electron chi connectivity index (χ1n) is 9.01. The van der Waals surface area contributed by atoms with Crippen molar-refractivity contribution in [3.63, 3.8) is 0 Å². The van der Waals surface area contributed by atoms with Gasteiger partial charge in [0, 0.05) is 42.7 Å². The number of halogens is 1. The van der Waals surface area contributed by atoms with Gasteiger partial charge < -0.3 is 10.2 Å². The number of hydrogen-bond acceptors (Lipinski definition) is 3. The Hall–Kier alpha value is -3.02. The van der Waals surface area contributed by atoms with Crippen LogP contribution in [-0.4, -0.2) is 35.6 Å². The molecule has 0 radical (unpaired) electrons. The number of ketones is 1. The number of nitrogens with zero attached hydrogens (tertiary/aromatic N) is 1. The fraction of sp³-hybridized carbons (Fsp3) is 0.286. The van der Waals surface area contributed by atoms with Crippen LogP contribution in [0, 0.1) is 5.82 Å². The molecule has 0 atom stereocenters. The molecule has 1 aliphatic rings. The van der Waals surface area contributed by atoms with Crippen LogP contribution in [-0.2, 0) is 4.79 Å². The van der Waals surface area contributed by atoms with Gasteiger partial charge in [-0.25, -0.2) is 4.39 Å². The molecule has 1 saturated heterocycles. The second kappa shape index (κ2) is 8.58.